The summed E-state index contributed by atoms with van der Waals surface area (Å²) in [5.41, 5.74) is -0.696. The average Bonchev–Trinajstić information content (AvgIpc) is 3.15. The lowest BCUT2D eigenvalue weighted by molar-refractivity contribution is -0.384. The molecule has 164 valence electrons. The number of carbonyl (C=O) groups excluding carboxylic acids is 1. The molecule has 1 aromatic heterocycles. The summed E-state index contributed by atoms with van der Waals surface area (Å²) >= 11 is 7.69. The lowest BCUT2D eigenvalue weighted by Crippen LogP contribution is -2.57. The first-order valence-corrected chi connectivity index (χ1v) is 12.7. The summed E-state index contributed by atoms with van der Waals surface area (Å²) in [5, 5.41) is 13.9. The molecule has 4 aliphatic rings. The van der Waals surface area contributed by atoms with Crippen LogP contribution in [-0.4, -0.2) is 29.1 Å². The van der Waals surface area contributed by atoms with Crippen molar-refractivity contribution in [3.63, 3.8) is 0 Å². The molecule has 1 N–H and O–H groups in total. The van der Waals surface area contributed by atoms with Gasteiger partial charge in [0.1, 0.15) is 4.21 Å². The van der Waals surface area contributed by atoms with E-state index in [2.05, 4.69) is 10.3 Å². The van der Waals surface area contributed by atoms with Gasteiger partial charge in [-0.3, -0.25) is 14.9 Å². The zero-order valence-corrected chi connectivity index (χ0v) is 18.8. The molecule has 0 radical (unpaired) electrons. The second-order valence-corrected chi connectivity index (χ2v) is 13.1. The summed E-state index contributed by atoms with van der Waals surface area (Å²) in [5.74, 6) is 0.818. The van der Waals surface area contributed by atoms with Crippen LogP contribution < -0.4 is 5.32 Å². The van der Waals surface area contributed by atoms with Gasteiger partial charge >= 0.3 is 0 Å². The number of thiazole rings is 1. The maximum absolute atomic E-state index is 13.2. The summed E-state index contributed by atoms with van der Waals surface area (Å²) in [7, 11) is -3.89. The number of benzene rings is 1. The predicted molar refractivity (Wildman–Crippen MR) is 115 cm³/mol. The molecule has 4 saturated carbocycles. The van der Waals surface area contributed by atoms with E-state index >= 15 is 0 Å². The minimum atomic E-state index is -3.89. The first-order chi connectivity index (χ1) is 14.6. The number of anilines is 1. The molecular formula is C20H20ClN3O5S2. The lowest BCUT2D eigenvalue weighted by atomic mass is 9.49. The minimum absolute atomic E-state index is 0.0315. The standard InChI is InChI=1S/C20H20ClN3O5S2/c21-20-8-12-5-13(9-20)7-19(6-12,11-20)17(25)23-18-22-10-16(30-18)31(28,29)15-3-1-14(2-4-15)24(26)27/h1-4,10,12-13H,5-9,11H2,(H,22,23,25). The van der Waals surface area contributed by atoms with Crippen LogP contribution >= 0.6 is 22.9 Å². The van der Waals surface area contributed by atoms with E-state index in [1.807, 2.05) is 0 Å². The number of hydrogen-bond donors (Lipinski definition) is 1. The molecule has 2 unspecified atom stereocenters. The number of nitro groups is 1. The van der Waals surface area contributed by atoms with E-state index in [0.29, 0.717) is 18.3 Å². The predicted octanol–water partition coefficient (Wildman–Crippen LogP) is 4.40. The highest BCUT2D eigenvalue weighted by molar-refractivity contribution is 7.93. The monoisotopic (exact) mass is 481 g/mol. The van der Waals surface area contributed by atoms with Crippen LogP contribution in [0.1, 0.15) is 38.5 Å². The van der Waals surface area contributed by atoms with E-state index < -0.39 is 20.2 Å². The normalized spacial score (nSPS) is 31.5. The van der Waals surface area contributed by atoms with Gasteiger partial charge in [-0.1, -0.05) is 11.3 Å². The van der Waals surface area contributed by atoms with E-state index in [1.54, 1.807) is 0 Å². The summed E-state index contributed by atoms with van der Waals surface area (Å²) < 4.78 is 25.7. The Morgan fingerprint density at radius 2 is 1.84 bits per heavy atom. The third-order valence-corrected chi connectivity index (χ3v) is 10.4. The van der Waals surface area contributed by atoms with Gasteiger partial charge in [-0.05, 0) is 62.5 Å². The zero-order valence-electron chi connectivity index (χ0n) is 16.4. The Morgan fingerprint density at radius 1 is 1.19 bits per heavy atom. The van der Waals surface area contributed by atoms with Crippen LogP contribution in [0.4, 0.5) is 10.8 Å². The molecule has 0 spiro atoms. The Labute approximate surface area is 188 Å². The molecule has 1 aromatic carbocycles. The van der Waals surface area contributed by atoms with Gasteiger partial charge in [0.05, 0.1) is 21.4 Å². The number of amides is 1. The summed E-state index contributed by atoms with van der Waals surface area (Å²) in [6, 6.07) is 4.68. The van der Waals surface area contributed by atoms with Crippen molar-refractivity contribution < 1.29 is 18.1 Å². The molecule has 11 heteroatoms. The molecule has 4 aliphatic carbocycles. The van der Waals surface area contributed by atoms with Gasteiger partial charge < -0.3 is 5.32 Å². The van der Waals surface area contributed by atoms with Crippen molar-refractivity contribution >= 4 is 49.5 Å². The number of nitrogens with one attached hydrogen (secondary N) is 1. The lowest BCUT2D eigenvalue weighted by Gasteiger charge is -2.59. The van der Waals surface area contributed by atoms with Gasteiger partial charge in [0.2, 0.25) is 15.7 Å². The van der Waals surface area contributed by atoms with Crippen molar-refractivity contribution in [3.8, 4) is 0 Å². The molecule has 2 aromatic rings. The molecule has 1 heterocycles. The number of hydrogen-bond acceptors (Lipinski definition) is 7. The van der Waals surface area contributed by atoms with Crippen LogP contribution in [0.25, 0.3) is 0 Å². The van der Waals surface area contributed by atoms with Crippen LogP contribution in [0.5, 0.6) is 0 Å². The fourth-order valence-electron chi connectivity index (χ4n) is 5.95. The number of nitro benzene ring substituents is 1. The number of sulfone groups is 1. The Bertz CT molecular complexity index is 1160. The van der Waals surface area contributed by atoms with Crippen LogP contribution in [0.2, 0.25) is 0 Å². The van der Waals surface area contributed by atoms with Crippen LogP contribution in [0.3, 0.4) is 0 Å². The fraction of sp³-hybridized carbons (Fsp3) is 0.500. The molecule has 0 aliphatic heterocycles. The summed E-state index contributed by atoms with van der Waals surface area (Å²) in [6.45, 7) is 0. The topological polar surface area (TPSA) is 119 Å². The first-order valence-electron chi connectivity index (χ1n) is 10.0. The van der Waals surface area contributed by atoms with Gasteiger partial charge in [0.15, 0.2) is 5.13 Å². The second kappa shape index (κ2) is 6.98. The smallest absolute Gasteiger partial charge is 0.269 e. The number of non-ortho nitro benzene ring substituents is 1. The number of rotatable bonds is 5. The third-order valence-electron chi connectivity index (χ3n) is 6.80. The Morgan fingerprint density at radius 3 is 2.42 bits per heavy atom. The Balaban J connectivity index is 1.35. The van der Waals surface area contributed by atoms with E-state index in [-0.39, 0.29) is 30.7 Å². The molecule has 8 nitrogen and oxygen atoms in total. The highest BCUT2D eigenvalue weighted by atomic mass is 35.5. The van der Waals surface area contributed by atoms with E-state index in [1.165, 1.54) is 18.3 Å². The quantitative estimate of drug-likeness (QED) is 0.384. The maximum atomic E-state index is 13.2. The molecule has 1 amide bonds. The molecule has 0 saturated heterocycles. The molecule has 31 heavy (non-hydrogen) atoms. The SMILES string of the molecule is O=C(Nc1ncc(S(=O)(=O)c2ccc([N+](=O)[O-])cc2)s1)C12CC3CC(CC(Cl)(C3)C1)C2. The van der Waals surface area contributed by atoms with Crippen molar-refractivity contribution in [2.24, 2.45) is 17.3 Å². The number of nitrogens with zero attached hydrogens (tertiary/aromatic N) is 2. The first kappa shape index (κ1) is 20.8. The number of aromatic nitrogens is 1. The van der Waals surface area contributed by atoms with Gasteiger partial charge in [0, 0.05) is 17.0 Å². The van der Waals surface area contributed by atoms with Crippen molar-refractivity contribution in [2.45, 2.75) is 52.5 Å². The second-order valence-electron chi connectivity index (χ2n) is 9.09. The summed E-state index contributed by atoms with van der Waals surface area (Å²) in [4.78, 5) is 27.2. The molecular weight excluding hydrogens is 462 g/mol. The van der Waals surface area contributed by atoms with E-state index in [9.17, 15) is 23.3 Å². The summed E-state index contributed by atoms with van der Waals surface area (Å²) in [6.07, 6.45) is 6.58. The molecule has 4 bridgehead atoms. The Hall–Kier alpha value is -2.04. The fourth-order valence-corrected chi connectivity index (χ4v) is 9.07. The van der Waals surface area contributed by atoms with Crippen molar-refractivity contribution in [1.82, 2.24) is 4.98 Å². The number of carbonyl (C=O) groups is 1. The van der Waals surface area contributed by atoms with Gasteiger partial charge in [0.25, 0.3) is 5.69 Å². The van der Waals surface area contributed by atoms with Gasteiger partial charge in [-0.15, -0.1) is 11.6 Å². The van der Waals surface area contributed by atoms with Gasteiger partial charge in [-0.2, -0.15) is 0 Å². The highest BCUT2D eigenvalue weighted by Crippen LogP contribution is 2.64. The van der Waals surface area contributed by atoms with Gasteiger partial charge in [-0.25, -0.2) is 13.4 Å². The van der Waals surface area contributed by atoms with Crippen LogP contribution in [0, 0.1) is 27.4 Å². The van der Waals surface area contributed by atoms with Crippen LogP contribution in [0.15, 0.2) is 39.6 Å². The highest BCUT2D eigenvalue weighted by Gasteiger charge is 2.60. The molecule has 6 rings (SSSR count). The number of alkyl halides is 1. The van der Waals surface area contributed by atoms with E-state index in [4.69, 9.17) is 11.6 Å². The Kier molecular flexibility index (Phi) is 4.69. The maximum Gasteiger partial charge on any atom is 0.269 e. The van der Waals surface area contributed by atoms with Crippen molar-refractivity contribution in [2.75, 3.05) is 5.32 Å². The van der Waals surface area contributed by atoms with Crippen molar-refractivity contribution in [1.29, 1.82) is 0 Å². The number of halogens is 1. The zero-order chi connectivity index (χ0) is 22.0. The third kappa shape index (κ3) is 3.54. The molecule has 4 fully saturated rings. The van der Waals surface area contributed by atoms with Crippen LogP contribution in [-0.2, 0) is 14.6 Å². The van der Waals surface area contributed by atoms with Crippen molar-refractivity contribution in [3.05, 3.63) is 40.6 Å². The molecule has 2 atom stereocenters. The van der Waals surface area contributed by atoms with E-state index in [0.717, 1.165) is 55.6 Å². The minimum Gasteiger partial charge on any atom is -0.301 e. The average molecular weight is 482 g/mol. The largest absolute Gasteiger partial charge is 0.301 e.